The van der Waals surface area contributed by atoms with Crippen molar-refractivity contribution in [3.8, 4) is 0 Å². The van der Waals surface area contributed by atoms with Gasteiger partial charge in [0.1, 0.15) is 19.3 Å². The molecule has 0 aromatic rings. The Hall–Kier alpha value is -1.94. The third kappa shape index (κ3) is 55.3. The van der Waals surface area contributed by atoms with Crippen LogP contribution in [0.1, 0.15) is 298 Å². The number of aliphatic hydroxyl groups is 1. The van der Waals surface area contributed by atoms with Crippen molar-refractivity contribution in [1.29, 1.82) is 0 Å². The molecule has 0 saturated heterocycles. The molecule has 0 fully saturated rings. The van der Waals surface area contributed by atoms with Crippen molar-refractivity contribution < 1.29 is 80.2 Å². The van der Waals surface area contributed by atoms with Gasteiger partial charge in [-0.3, -0.25) is 37.3 Å². The van der Waals surface area contributed by atoms with E-state index in [0.717, 1.165) is 121 Å². The van der Waals surface area contributed by atoms with Crippen molar-refractivity contribution >= 4 is 39.5 Å². The number of unbranched alkanes of at least 4 members (excludes halogenated alkanes) is 30. The summed E-state index contributed by atoms with van der Waals surface area (Å²) >= 11 is 0. The minimum atomic E-state index is -4.94. The molecule has 0 aromatic carbocycles. The van der Waals surface area contributed by atoms with Crippen LogP contribution >= 0.6 is 15.6 Å². The number of carbonyl (C=O) groups excluding carboxylic acids is 4. The third-order valence-electron chi connectivity index (χ3n) is 14.0. The zero-order valence-corrected chi connectivity index (χ0v) is 53.2. The van der Waals surface area contributed by atoms with Crippen LogP contribution in [0.5, 0.6) is 0 Å². The molecule has 19 heteroatoms. The second-order valence-electron chi connectivity index (χ2n) is 23.0. The summed E-state index contributed by atoms with van der Waals surface area (Å²) in [5, 5.41) is 10.5. The molecule has 0 amide bonds. The standard InChI is InChI=1S/C61H118O17P2/c1-7-9-11-13-24-33-39-45-60(65)77-56(49-71-58(63)43-37-29-12-10-8-2)51-75-79(67,68)73-47-55(62)48-74-80(69,70)76-52-57(50-72-59(64)44-38-32-27-23-19-21-26-31-36-42-54(5)6)78-61(66)46-40-34-28-22-18-16-14-15-17-20-25-30-35-41-53(3)4/h53-57,62H,7-52H2,1-6H3,(H,67,68)(H,69,70)/t55-,56+,57+/m0/s1. The Morgan fingerprint density at radius 2 is 0.575 bits per heavy atom. The number of hydrogen-bond acceptors (Lipinski definition) is 15. The van der Waals surface area contributed by atoms with Gasteiger partial charge in [-0.2, -0.15) is 0 Å². The van der Waals surface area contributed by atoms with Crippen LogP contribution in [-0.2, 0) is 65.4 Å². The summed E-state index contributed by atoms with van der Waals surface area (Å²) < 4.78 is 67.6. The van der Waals surface area contributed by atoms with E-state index in [1.54, 1.807) is 0 Å². The number of phosphoric acid groups is 2. The summed E-state index contributed by atoms with van der Waals surface area (Å²) in [5.74, 6) is -0.623. The van der Waals surface area contributed by atoms with Gasteiger partial charge < -0.3 is 33.8 Å². The Balaban J connectivity index is 5.15. The zero-order chi connectivity index (χ0) is 59.4. The summed E-state index contributed by atoms with van der Waals surface area (Å²) in [5.41, 5.74) is 0. The Bertz CT molecular complexity index is 1580. The first kappa shape index (κ1) is 78.1. The Morgan fingerprint density at radius 1 is 0.338 bits per heavy atom. The molecule has 474 valence electrons. The predicted octanol–water partition coefficient (Wildman–Crippen LogP) is 16.5. The van der Waals surface area contributed by atoms with Crippen LogP contribution in [-0.4, -0.2) is 96.7 Å². The molecule has 3 N–H and O–H groups in total. The number of rotatable bonds is 60. The fourth-order valence-electron chi connectivity index (χ4n) is 9.00. The van der Waals surface area contributed by atoms with Gasteiger partial charge in [0.15, 0.2) is 12.2 Å². The largest absolute Gasteiger partial charge is 0.472 e. The molecular formula is C61H118O17P2. The van der Waals surface area contributed by atoms with Crippen LogP contribution < -0.4 is 0 Å². The van der Waals surface area contributed by atoms with Crippen molar-refractivity contribution in [3.63, 3.8) is 0 Å². The van der Waals surface area contributed by atoms with E-state index in [9.17, 15) is 43.2 Å². The topological polar surface area (TPSA) is 237 Å². The number of ether oxygens (including phenoxy) is 4. The number of carbonyl (C=O) groups is 4. The van der Waals surface area contributed by atoms with Crippen LogP contribution in [0, 0.1) is 11.8 Å². The average Bonchev–Trinajstić information content (AvgIpc) is 3.41. The molecule has 5 atom stereocenters. The summed E-state index contributed by atoms with van der Waals surface area (Å²) in [6.45, 7) is 9.34. The zero-order valence-electron chi connectivity index (χ0n) is 51.4. The molecule has 80 heavy (non-hydrogen) atoms. The Labute approximate surface area is 486 Å². The quantitative estimate of drug-likeness (QED) is 0.0222. The van der Waals surface area contributed by atoms with Crippen LogP contribution in [0.25, 0.3) is 0 Å². The first-order valence-corrected chi connectivity index (χ1v) is 35.0. The van der Waals surface area contributed by atoms with Gasteiger partial charge >= 0.3 is 39.5 Å². The minimum absolute atomic E-state index is 0.103. The Kier molecular flexibility index (Phi) is 52.5. The second kappa shape index (κ2) is 53.8. The van der Waals surface area contributed by atoms with Crippen molar-refractivity contribution in [2.45, 2.75) is 317 Å². The summed E-state index contributed by atoms with van der Waals surface area (Å²) in [7, 11) is -9.87. The van der Waals surface area contributed by atoms with Gasteiger partial charge in [-0.25, -0.2) is 9.13 Å². The molecule has 2 unspecified atom stereocenters. The van der Waals surface area contributed by atoms with Crippen LogP contribution in [0.4, 0.5) is 0 Å². The average molecular weight is 1190 g/mol. The van der Waals surface area contributed by atoms with Crippen LogP contribution in [0.15, 0.2) is 0 Å². The first-order valence-electron chi connectivity index (χ1n) is 32.0. The molecule has 17 nitrogen and oxygen atoms in total. The van der Waals surface area contributed by atoms with Gasteiger partial charge in [0.2, 0.25) is 0 Å². The summed E-state index contributed by atoms with van der Waals surface area (Å²) in [4.78, 5) is 71.7. The van der Waals surface area contributed by atoms with Crippen molar-refractivity contribution in [3.05, 3.63) is 0 Å². The maximum Gasteiger partial charge on any atom is 0.472 e. The molecule has 0 aliphatic carbocycles. The lowest BCUT2D eigenvalue weighted by Gasteiger charge is -2.21. The van der Waals surface area contributed by atoms with Gasteiger partial charge in [0.25, 0.3) is 0 Å². The highest BCUT2D eigenvalue weighted by atomic mass is 31.2. The molecule has 0 radical (unpaired) electrons. The molecule has 0 heterocycles. The summed E-state index contributed by atoms with van der Waals surface area (Å²) in [6.07, 6.45) is 35.3. The van der Waals surface area contributed by atoms with Crippen LogP contribution in [0.3, 0.4) is 0 Å². The monoisotopic (exact) mass is 1180 g/mol. The predicted molar refractivity (Wildman–Crippen MR) is 317 cm³/mol. The maximum atomic E-state index is 12.9. The molecular weight excluding hydrogens is 1070 g/mol. The summed E-state index contributed by atoms with van der Waals surface area (Å²) in [6, 6.07) is 0. The normalized spacial score (nSPS) is 14.4. The lowest BCUT2D eigenvalue weighted by molar-refractivity contribution is -0.161. The van der Waals surface area contributed by atoms with E-state index in [-0.39, 0.29) is 25.7 Å². The van der Waals surface area contributed by atoms with E-state index in [1.807, 2.05) is 0 Å². The van der Waals surface area contributed by atoms with Crippen LogP contribution in [0.2, 0.25) is 0 Å². The molecule has 0 aliphatic heterocycles. The van der Waals surface area contributed by atoms with Crippen molar-refractivity contribution in [2.24, 2.45) is 11.8 Å². The first-order chi connectivity index (χ1) is 38.4. The molecule has 0 rings (SSSR count). The molecule has 0 aliphatic rings. The van der Waals surface area contributed by atoms with Gasteiger partial charge in [0.05, 0.1) is 26.4 Å². The van der Waals surface area contributed by atoms with Gasteiger partial charge in [-0.15, -0.1) is 0 Å². The van der Waals surface area contributed by atoms with Gasteiger partial charge in [-0.1, -0.05) is 247 Å². The lowest BCUT2D eigenvalue weighted by atomic mass is 10.0. The highest BCUT2D eigenvalue weighted by molar-refractivity contribution is 7.47. The fourth-order valence-corrected chi connectivity index (χ4v) is 10.6. The molecule has 0 bridgehead atoms. The number of esters is 4. The number of phosphoric ester groups is 2. The Morgan fingerprint density at radius 3 is 0.850 bits per heavy atom. The van der Waals surface area contributed by atoms with E-state index < -0.39 is 97.5 Å². The van der Waals surface area contributed by atoms with Crippen molar-refractivity contribution in [2.75, 3.05) is 39.6 Å². The maximum absolute atomic E-state index is 12.9. The van der Waals surface area contributed by atoms with Crippen molar-refractivity contribution in [1.82, 2.24) is 0 Å². The lowest BCUT2D eigenvalue weighted by Crippen LogP contribution is -2.30. The molecule has 0 aromatic heterocycles. The van der Waals surface area contributed by atoms with Gasteiger partial charge in [0, 0.05) is 25.7 Å². The third-order valence-corrected chi connectivity index (χ3v) is 15.9. The molecule has 0 spiro atoms. The SMILES string of the molecule is CCCCCCCCCC(=O)O[C@H](COC(=O)CCCCCCC)COP(=O)(O)OC[C@H](O)COP(=O)(O)OC[C@@H](COC(=O)CCCCCCCCCCCC(C)C)OC(=O)CCCCCCCCCCCCCCCC(C)C. The highest BCUT2D eigenvalue weighted by Gasteiger charge is 2.30. The fraction of sp³-hybridized carbons (Fsp3) is 0.934. The second-order valence-corrected chi connectivity index (χ2v) is 25.9. The van der Waals surface area contributed by atoms with E-state index in [4.69, 9.17) is 37.0 Å². The number of hydrogen-bond donors (Lipinski definition) is 3. The van der Waals surface area contributed by atoms with E-state index >= 15 is 0 Å². The number of aliphatic hydroxyl groups excluding tert-OH is 1. The minimum Gasteiger partial charge on any atom is -0.462 e. The van der Waals surface area contributed by atoms with E-state index in [0.29, 0.717) is 25.7 Å². The molecule has 0 saturated carbocycles. The highest BCUT2D eigenvalue weighted by Crippen LogP contribution is 2.45. The van der Waals surface area contributed by atoms with Gasteiger partial charge in [-0.05, 0) is 37.5 Å². The van der Waals surface area contributed by atoms with E-state index in [2.05, 4.69) is 41.5 Å². The van der Waals surface area contributed by atoms with E-state index in [1.165, 1.54) is 96.3 Å². The smallest absolute Gasteiger partial charge is 0.462 e.